The van der Waals surface area contributed by atoms with Gasteiger partial charge in [-0.2, -0.15) is 43.2 Å². The Morgan fingerprint density at radius 1 is 0.708 bits per heavy atom. The molecule has 0 radical (unpaired) electrons. The molecule has 0 aromatic heterocycles. The Kier molecular flexibility index (Phi) is 7.98. The van der Waals surface area contributed by atoms with Crippen LogP contribution in [0.4, 0.5) is 26.3 Å². The van der Waals surface area contributed by atoms with Crippen LogP contribution < -0.4 is 0 Å². The summed E-state index contributed by atoms with van der Waals surface area (Å²) in [5, 5.41) is 0. The molecule has 0 aliphatic carbocycles. The lowest BCUT2D eigenvalue weighted by Crippen LogP contribution is -2.41. The molecule has 0 aromatic carbocycles. The zero-order valence-corrected chi connectivity index (χ0v) is 14.1. The first kappa shape index (κ1) is 23.4. The van der Waals surface area contributed by atoms with Crippen molar-refractivity contribution in [3.05, 3.63) is 0 Å². The minimum atomic E-state index is -6.13. The summed E-state index contributed by atoms with van der Waals surface area (Å²) < 4.78 is 126. The Labute approximate surface area is 135 Å². The predicted octanol–water partition coefficient (Wildman–Crippen LogP) is 3.06. The first-order chi connectivity index (χ1) is 10.6. The van der Waals surface area contributed by atoms with Gasteiger partial charge in [0.1, 0.15) is 12.2 Å². The van der Waals surface area contributed by atoms with Crippen LogP contribution in [-0.2, 0) is 28.6 Å². The Bertz CT molecular complexity index is 540. The predicted molar refractivity (Wildman–Crippen MR) is 69.5 cm³/mol. The van der Waals surface area contributed by atoms with Gasteiger partial charge in [0.25, 0.3) is 0 Å². The average Bonchev–Trinajstić information content (AvgIpc) is 2.34. The first-order valence-electron chi connectivity index (χ1n) is 6.58. The van der Waals surface area contributed by atoms with Crippen molar-refractivity contribution in [2.75, 3.05) is 0 Å². The molecule has 0 saturated heterocycles. The van der Waals surface area contributed by atoms with Gasteiger partial charge < -0.3 is 0 Å². The second-order valence-corrected chi connectivity index (χ2v) is 7.77. The number of halogens is 6. The second kappa shape index (κ2) is 8.19. The molecule has 0 saturated carbocycles. The third-order valence-corrected chi connectivity index (χ3v) is 4.76. The summed E-state index contributed by atoms with van der Waals surface area (Å²) >= 11 is 0. The molecule has 0 rings (SSSR count). The van der Waals surface area contributed by atoms with Gasteiger partial charge in [-0.1, -0.05) is 26.7 Å². The molecule has 0 amide bonds. The average molecular weight is 410 g/mol. The van der Waals surface area contributed by atoms with Crippen LogP contribution in [0.3, 0.4) is 0 Å². The molecule has 0 fully saturated rings. The van der Waals surface area contributed by atoms with Crippen molar-refractivity contribution in [2.45, 2.75) is 62.8 Å². The summed E-state index contributed by atoms with van der Waals surface area (Å²) in [4.78, 5) is 0. The lowest BCUT2D eigenvalue weighted by molar-refractivity contribution is -0.0719. The molecule has 2 unspecified atom stereocenters. The van der Waals surface area contributed by atoms with Gasteiger partial charge in [0, 0.05) is 0 Å². The Morgan fingerprint density at radius 2 is 0.958 bits per heavy atom. The smallest absolute Gasteiger partial charge is 0.257 e. The summed E-state index contributed by atoms with van der Waals surface area (Å²) in [6.07, 6.45) is -5.00. The minimum Gasteiger partial charge on any atom is -0.257 e. The van der Waals surface area contributed by atoms with Crippen LogP contribution in [-0.4, -0.2) is 40.1 Å². The van der Waals surface area contributed by atoms with E-state index in [1.165, 1.54) is 13.8 Å². The fraction of sp³-hybridized carbons (Fsp3) is 1.00. The van der Waals surface area contributed by atoms with Crippen LogP contribution in [0, 0.1) is 0 Å². The number of hydrogen-bond acceptors (Lipinski definition) is 6. The van der Waals surface area contributed by atoms with E-state index in [4.69, 9.17) is 0 Å². The highest BCUT2D eigenvalue weighted by Crippen LogP contribution is 2.32. The van der Waals surface area contributed by atoms with Crippen LogP contribution in [0.1, 0.15) is 39.5 Å². The Balaban J connectivity index is 5.62. The third-order valence-electron chi connectivity index (χ3n) is 2.63. The van der Waals surface area contributed by atoms with Crippen LogP contribution in [0.2, 0.25) is 0 Å². The molecule has 0 heterocycles. The molecule has 146 valence electrons. The Hall–Kier alpha value is -0.600. The van der Waals surface area contributed by atoms with Gasteiger partial charge in [0.2, 0.25) is 0 Å². The molecule has 0 spiro atoms. The van der Waals surface area contributed by atoms with E-state index in [1.54, 1.807) is 0 Å². The Morgan fingerprint density at radius 3 is 1.12 bits per heavy atom. The quantitative estimate of drug-likeness (QED) is 0.330. The number of alkyl halides is 6. The van der Waals surface area contributed by atoms with Crippen molar-refractivity contribution in [1.82, 2.24) is 0 Å². The maximum atomic E-state index is 12.4. The van der Waals surface area contributed by atoms with E-state index in [-0.39, 0.29) is 12.8 Å². The van der Waals surface area contributed by atoms with Crippen molar-refractivity contribution < 1.29 is 51.5 Å². The molecule has 2 atom stereocenters. The summed E-state index contributed by atoms with van der Waals surface area (Å²) in [5.74, 6) is 0. The number of rotatable bonds is 9. The third kappa shape index (κ3) is 6.37. The van der Waals surface area contributed by atoms with Crippen LogP contribution in [0.25, 0.3) is 0 Å². The van der Waals surface area contributed by atoms with Crippen molar-refractivity contribution in [3.63, 3.8) is 0 Å². The van der Waals surface area contributed by atoms with E-state index in [2.05, 4.69) is 8.37 Å². The molecular formula is C10H16F6O6S2. The molecule has 24 heavy (non-hydrogen) atoms. The summed E-state index contributed by atoms with van der Waals surface area (Å²) in [5.41, 5.74) is -11.6. The normalized spacial score (nSPS) is 16.8. The van der Waals surface area contributed by atoms with Crippen molar-refractivity contribution in [3.8, 4) is 0 Å². The van der Waals surface area contributed by atoms with E-state index < -0.39 is 56.3 Å². The topological polar surface area (TPSA) is 86.7 Å². The van der Waals surface area contributed by atoms with Gasteiger partial charge in [-0.3, -0.25) is 8.37 Å². The molecular weight excluding hydrogens is 394 g/mol. The van der Waals surface area contributed by atoms with Crippen molar-refractivity contribution in [2.24, 2.45) is 0 Å². The van der Waals surface area contributed by atoms with Gasteiger partial charge in [-0.25, -0.2) is 0 Å². The van der Waals surface area contributed by atoms with Gasteiger partial charge in [-0.05, 0) is 12.8 Å². The van der Waals surface area contributed by atoms with Gasteiger partial charge >= 0.3 is 31.3 Å². The summed E-state index contributed by atoms with van der Waals surface area (Å²) in [7, 11) is -12.3. The van der Waals surface area contributed by atoms with Crippen LogP contribution >= 0.6 is 0 Å². The van der Waals surface area contributed by atoms with E-state index in [0.29, 0.717) is 0 Å². The minimum absolute atomic E-state index is 0.00762. The van der Waals surface area contributed by atoms with E-state index in [9.17, 15) is 43.2 Å². The standard InChI is InChI=1S/C10H16F6O6S2/c1-3-5-7(21-23(17,18)9(11,12)13)8(6-4-2)22-24(19,20)10(14,15)16/h7-8H,3-6H2,1-2H3. The molecule has 0 aliphatic rings. The van der Waals surface area contributed by atoms with E-state index in [1.807, 2.05) is 0 Å². The van der Waals surface area contributed by atoms with Crippen LogP contribution in [0.5, 0.6) is 0 Å². The molecule has 0 aliphatic heterocycles. The van der Waals surface area contributed by atoms with Gasteiger partial charge in [0.05, 0.1) is 0 Å². The van der Waals surface area contributed by atoms with Crippen molar-refractivity contribution >= 4 is 20.2 Å². The lowest BCUT2D eigenvalue weighted by atomic mass is 10.1. The number of hydrogen-bond donors (Lipinski definition) is 0. The monoisotopic (exact) mass is 410 g/mol. The SMILES string of the molecule is CCCC(OS(=O)(=O)C(F)(F)F)C(CCC)OS(=O)(=O)C(F)(F)F. The van der Waals surface area contributed by atoms with E-state index >= 15 is 0 Å². The van der Waals surface area contributed by atoms with Crippen molar-refractivity contribution in [1.29, 1.82) is 0 Å². The van der Waals surface area contributed by atoms with E-state index in [0.717, 1.165) is 0 Å². The largest absolute Gasteiger partial charge is 0.523 e. The molecule has 0 bridgehead atoms. The van der Waals surface area contributed by atoms with Gasteiger partial charge in [0.15, 0.2) is 0 Å². The lowest BCUT2D eigenvalue weighted by Gasteiger charge is -2.26. The molecule has 0 N–H and O–H groups in total. The zero-order valence-electron chi connectivity index (χ0n) is 12.5. The highest BCUT2D eigenvalue weighted by molar-refractivity contribution is 7.88. The van der Waals surface area contributed by atoms with Gasteiger partial charge in [-0.15, -0.1) is 0 Å². The maximum absolute atomic E-state index is 12.4. The first-order valence-corrected chi connectivity index (χ1v) is 9.39. The highest BCUT2D eigenvalue weighted by atomic mass is 32.2. The second-order valence-electron chi connectivity index (χ2n) is 4.65. The molecule has 14 heteroatoms. The van der Waals surface area contributed by atoms with Crippen LogP contribution in [0.15, 0.2) is 0 Å². The summed E-state index contributed by atoms with van der Waals surface area (Å²) in [6.45, 7) is 2.77. The molecule has 6 nitrogen and oxygen atoms in total. The molecule has 0 aromatic rings. The maximum Gasteiger partial charge on any atom is 0.523 e. The fourth-order valence-electron chi connectivity index (χ4n) is 1.60. The summed E-state index contributed by atoms with van der Waals surface area (Å²) in [6, 6.07) is 0. The highest BCUT2D eigenvalue weighted by Gasteiger charge is 2.52. The fourth-order valence-corrected chi connectivity index (χ4v) is 2.90. The zero-order chi connectivity index (χ0) is 19.4.